The quantitative estimate of drug-likeness (QED) is 0.285. The van der Waals surface area contributed by atoms with Crippen molar-refractivity contribution in [1.82, 2.24) is 0 Å². The van der Waals surface area contributed by atoms with Crippen molar-refractivity contribution < 1.29 is 19.1 Å². The first-order valence-electron chi connectivity index (χ1n) is 10.9. The van der Waals surface area contributed by atoms with Gasteiger partial charge in [-0.05, 0) is 61.4 Å². The molecule has 0 spiro atoms. The van der Waals surface area contributed by atoms with Crippen LogP contribution in [0.5, 0.6) is 0 Å². The number of ether oxygens (including phenoxy) is 2. The highest BCUT2D eigenvalue weighted by molar-refractivity contribution is 14.1. The molecule has 2 aliphatic rings. The zero-order chi connectivity index (χ0) is 22.3. The second-order valence-electron chi connectivity index (χ2n) is 9.24. The number of benzene rings is 2. The number of halogens is 1. The van der Waals surface area contributed by atoms with E-state index in [2.05, 4.69) is 42.5 Å². The molecule has 0 bridgehead atoms. The highest BCUT2D eigenvalue weighted by Gasteiger charge is 2.65. The van der Waals surface area contributed by atoms with Gasteiger partial charge >= 0.3 is 11.9 Å². The molecule has 0 amide bonds. The van der Waals surface area contributed by atoms with Gasteiger partial charge in [-0.1, -0.05) is 72.3 Å². The smallest absolute Gasteiger partial charge is 0.338 e. The molecular weight excluding hydrogens is 503 g/mol. The fourth-order valence-electron chi connectivity index (χ4n) is 5.74. The maximum atomic E-state index is 12.9. The standard InChI is InChI=1S/C26H29IO4/c1-24-13-7-14-25(2,23(29)30-3)26(24,27)15-12-19-10-11-20(16-21(19)24)22(28)31-17-18-8-5-4-6-9-18/h4-6,8-11,16H,7,12-15,17H2,1-3H3/t24-,25-,26+/m1/s1. The van der Waals surface area contributed by atoms with E-state index < -0.39 is 5.41 Å². The first-order valence-corrected chi connectivity index (χ1v) is 11.9. The van der Waals surface area contributed by atoms with Gasteiger partial charge in [0.2, 0.25) is 0 Å². The Morgan fingerprint density at radius 1 is 1.03 bits per heavy atom. The Hall–Kier alpha value is -1.89. The van der Waals surface area contributed by atoms with E-state index in [1.807, 2.05) is 42.5 Å². The zero-order valence-electron chi connectivity index (χ0n) is 18.4. The maximum absolute atomic E-state index is 12.9. The van der Waals surface area contributed by atoms with Crippen molar-refractivity contribution >= 4 is 34.5 Å². The maximum Gasteiger partial charge on any atom is 0.338 e. The third-order valence-electron chi connectivity index (χ3n) is 7.63. The van der Waals surface area contributed by atoms with Crippen LogP contribution in [-0.2, 0) is 32.7 Å². The molecule has 0 unspecified atom stereocenters. The molecule has 4 nitrogen and oxygen atoms in total. The van der Waals surface area contributed by atoms with Crippen molar-refractivity contribution in [3.8, 4) is 0 Å². The molecule has 5 heteroatoms. The minimum Gasteiger partial charge on any atom is -0.469 e. The van der Waals surface area contributed by atoms with Gasteiger partial charge < -0.3 is 9.47 Å². The number of fused-ring (bicyclic) bond motifs is 3. The summed E-state index contributed by atoms with van der Waals surface area (Å²) in [6.07, 6.45) is 4.57. The third kappa shape index (κ3) is 3.49. The van der Waals surface area contributed by atoms with Gasteiger partial charge in [-0.2, -0.15) is 0 Å². The highest BCUT2D eigenvalue weighted by Crippen LogP contribution is 2.64. The number of carbonyl (C=O) groups is 2. The monoisotopic (exact) mass is 532 g/mol. The molecular formula is C26H29IO4. The lowest BCUT2D eigenvalue weighted by Gasteiger charge is -2.60. The number of rotatable bonds is 4. The van der Waals surface area contributed by atoms with Gasteiger partial charge in [0.25, 0.3) is 0 Å². The van der Waals surface area contributed by atoms with Crippen molar-refractivity contribution in [1.29, 1.82) is 0 Å². The summed E-state index contributed by atoms with van der Waals surface area (Å²) in [7, 11) is 1.48. The average Bonchev–Trinajstić information content (AvgIpc) is 2.79. The molecule has 0 aliphatic heterocycles. The van der Waals surface area contributed by atoms with Crippen LogP contribution in [0.4, 0.5) is 0 Å². The summed E-state index contributed by atoms with van der Waals surface area (Å²) in [5.41, 5.74) is 3.20. The molecule has 4 rings (SSSR count). The van der Waals surface area contributed by atoms with Crippen LogP contribution in [0.1, 0.15) is 66.6 Å². The first-order chi connectivity index (χ1) is 14.7. The predicted octanol–water partition coefficient (Wildman–Crippen LogP) is 5.78. The van der Waals surface area contributed by atoms with Gasteiger partial charge in [-0.25, -0.2) is 4.79 Å². The summed E-state index contributed by atoms with van der Waals surface area (Å²) in [6.45, 7) is 4.58. The fraction of sp³-hybridized carbons (Fsp3) is 0.462. The number of alkyl halides is 1. The van der Waals surface area contributed by atoms with Crippen molar-refractivity contribution in [3.63, 3.8) is 0 Å². The van der Waals surface area contributed by atoms with Gasteiger partial charge in [0.15, 0.2) is 0 Å². The van der Waals surface area contributed by atoms with E-state index in [9.17, 15) is 9.59 Å². The van der Waals surface area contributed by atoms with Gasteiger partial charge in [-0.3, -0.25) is 4.79 Å². The molecule has 2 aromatic carbocycles. The van der Waals surface area contributed by atoms with Crippen LogP contribution >= 0.6 is 22.6 Å². The van der Waals surface area contributed by atoms with Gasteiger partial charge in [0.1, 0.15) is 6.61 Å². The summed E-state index contributed by atoms with van der Waals surface area (Å²) in [5, 5.41) is 0. The van der Waals surface area contributed by atoms with E-state index in [4.69, 9.17) is 9.47 Å². The van der Waals surface area contributed by atoms with Crippen LogP contribution in [0, 0.1) is 5.41 Å². The topological polar surface area (TPSA) is 52.6 Å². The molecule has 1 fully saturated rings. The molecule has 0 heterocycles. The molecule has 0 aromatic heterocycles. The normalized spacial score (nSPS) is 29.4. The van der Waals surface area contributed by atoms with Crippen molar-refractivity contribution in [3.05, 3.63) is 70.8 Å². The van der Waals surface area contributed by atoms with E-state index >= 15 is 0 Å². The Kier molecular flexibility index (Phi) is 5.92. The number of aryl methyl sites for hydroxylation is 1. The number of hydrogen-bond donors (Lipinski definition) is 0. The molecule has 2 aromatic rings. The summed E-state index contributed by atoms with van der Waals surface area (Å²) < 4.78 is 10.6. The Bertz CT molecular complexity index is 1000. The number of hydrogen-bond acceptors (Lipinski definition) is 4. The van der Waals surface area contributed by atoms with Gasteiger partial charge in [0, 0.05) is 8.84 Å². The second kappa shape index (κ2) is 8.23. The van der Waals surface area contributed by atoms with E-state index in [0.29, 0.717) is 5.56 Å². The number of esters is 2. The lowest BCUT2D eigenvalue weighted by atomic mass is 9.49. The SMILES string of the molecule is COC(=O)[C@@]1(C)CCC[C@]2(C)c3cc(C(=O)OCc4ccccc4)ccc3CC[C@@]12I. The number of methoxy groups -OCH3 is 1. The van der Waals surface area contributed by atoms with Crippen LogP contribution in [0.15, 0.2) is 48.5 Å². The number of carbonyl (C=O) groups excluding carboxylic acids is 2. The van der Waals surface area contributed by atoms with Crippen LogP contribution in [-0.4, -0.2) is 22.5 Å². The van der Waals surface area contributed by atoms with Crippen molar-refractivity contribution in [2.75, 3.05) is 7.11 Å². The Labute approximate surface area is 197 Å². The molecule has 0 N–H and O–H groups in total. The fourth-order valence-corrected chi connectivity index (χ4v) is 7.06. The third-order valence-corrected chi connectivity index (χ3v) is 10.6. The van der Waals surface area contributed by atoms with Crippen LogP contribution in [0.3, 0.4) is 0 Å². The molecule has 2 aliphatic carbocycles. The molecule has 164 valence electrons. The Balaban J connectivity index is 1.67. The average molecular weight is 532 g/mol. The molecule has 31 heavy (non-hydrogen) atoms. The highest BCUT2D eigenvalue weighted by atomic mass is 127. The van der Waals surface area contributed by atoms with E-state index in [1.54, 1.807) is 0 Å². The van der Waals surface area contributed by atoms with Gasteiger partial charge in [-0.15, -0.1) is 0 Å². The Morgan fingerprint density at radius 2 is 1.77 bits per heavy atom. The van der Waals surface area contributed by atoms with Crippen LogP contribution in [0.25, 0.3) is 0 Å². The lowest BCUT2D eigenvalue weighted by Crippen LogP contribution is -2.63. The van der Waals surface area contributed by atoms with Crippen molar-refractivity contribution in [2.24, 2.45) is 5.41 Å². The zero-order valence-corrected chi connectivity index (χ0v) is 20.5. The minimum absolute atomic E-state index is 0.130. The summed E-state index contributed by atoms with van der Waals surface area (Å²) in [6, 6.07) is 15.7. The molecule has 1 saturated carbocycles. The molecule has 0 saturated heterocycles. The van der Waals surface area contributed by atoms with E-state index in [0.717, 1.165) is 37.7 Å². The van der Waals surface area contributed by atoms with Gasteiger partial charge in [0.05, 0.1) is 18.1 Å². The summed E-state index contributed by atoms with van der Waals surface area (Å²) >= 11 is 2.53. The predicted molar refractivity (Wildman–Crippen MR) is 128 cm³/mol. The molecule has 0 radical (unpaired) electrons. The van der Waals surface area contributed by atoms with E-state index in [1.165, 1.54) is 18.2 Å². The largest absolute Gasteiger partial charge is 0.469 e. The summed E-state index contributed by atoms with van der Waals surface area (Å²) in [5.74, 6) is -0.443. The first kappa shape index (κ1) is 22.3. The minimum atomic E-state index is -0.559. The van der Waals surface area contributed by atoms with Crippen LogP contribution in [0.2, 0.25) is 0 Å². The Morgan fingerprint density at radius 3 is 2.48 bits per heavy atom. The van der Waals surface area contributed by atoms with Crippen LogP contribution < -0.4 is 0 Å². The van der Waals surface area contributed by atoms with E-state index in [-0.39, 0.29) is 27.4 Å². The van der Waals surface area contributed by atoms with Crippen molar-refractivity contribution in [2.45, 2.75) is 61.4 Å². The second-order valence-corrected chi connectivity index (χ2v) is 11.1. The molecule has 3 atom stereocenters. The summed E-state index contributed by atoms with van der Waals surface area (Å²) in [4.78, 5) is 25.7. The lowest BCUT2D eigenvalue weighted by molar-refractivity contribution is -0.157.